The molecule has 0 aliphatic rings. The first-order valence-electron chi connectivity index (χ1n) is 4.19. The SMILES string of the molecule is O=S(=O)([O-])O.O=[N+]([O-])c1cccc([N+](=O)[O-])c1[N+](=O)[O-].[Na+]. The van der Waals surface area contributed by atoms with Gasteiger partial charge in [-0.3, -0.25) is 34.9 Å². The van der Waals surface area contributed by atoms with Gasteiger partial charge in [-0.25, -0.2) is 8.42 Å². The Balaban J connectivity index is 0. The fourth-order valence-corrected chi connectivity index (χ4v) is 1.00. The molecule has 0 saturated carbocycles. The minimum absolute atomic E-state index is 0. The van der Waals surface area contributed by atoms with Gasteiger partial charge in [0.1, 0.15) is 0 Å². The van der Waals surface area contributed by atoms with Crippen molar-refractivity contribution in [3.05, 3.63) is 48.5 Å². The zero-order valence-electron chi connectivity index (χ0n) is 10.1. The van der Waals surface area contributed by atoms with Gasteiger partial charge in [0.2, 0.25) is 10.4 Å². The van der Waals surface area contributed by atoms with Gasteiger partial charge in [0.15, 0.2) is 0 Å². The summed E-state index contributed by atoms with van der Waals surface area (Å²) in [5, 5.41) is 31.2. The van der Waals surface area contributed by atoms with Gasteiger partial charge < -0.3 is 4.55 Å². The Morgan fingerprint density at radius 1 is 0.905 bits per heavy atom. The summed E-state index contributed by atoms with van der Waals surface area (Å²) in [6, 6.07) is 2.69. The summed E-state index contributed by atoms with van der Waals surface area (Å²) in [7, 11) is -4.92. The quantitative estimate of drug-likeness (QED) is 0.201. The molecule has 0 unspecified atom stereocenters. The molecule has 0 fully saturated rings. The third-order valence-corrected chi connectivity index (χ3v) is 1.57. The molecule has 0 radical (unpaired) electrons. The van der Waals surface area contributed by atoms with Gasteiger partial charge in [0.25, 0.3) is 0 Å². The molecule has 110 valence electrons. The number of hydrogen-bond donors (Lipinski definition) is 1. The van der Waals surface area contributed by atoms with Crippen molar-refractivity contribution in [2.75, 3.05) is 0 Å². The van der Waals surface area contributed by atoms with Crippen molar-refractivity contribution in [1.82, 2.24) is 0 Å². The van der Waals surface area contributed by atoms with E-state index in [-0.39, 0.29) is 29.6 Å². The Bertz CT molecular complexity index is 619. The van der Waals surface area contributed by atoms with Crippen molar-refractivity contribution in [3.8, 4) is 0 Å². The Morgan fingerprint density at radius 2 is 1.19 bits per heavy atom. The third-order valence-electron chi connectivity index (χ3n) is 1.57. The van der Waals surface area contributed by atoms with Crippen molar-refractivity contribution >= 4 is 27.5 Å². The van der Waals surface area contributed by atoms with E-state index in [4.69, 9.17) is 17.5 Å². The number of rotatable bonds is 3. The maximum Gasteiger partial charge on any atom is 1.00 e. The fraction of sp³-hybridized carbons (Fsp3) is 0. The first-order valence-corrected chi connectivity index (χ1v) is 5.56. The van der Waals surface area contributed by atoms with Gasteiger partial charge in [-0.05, 0) is 6.07 Å². The summed E-state index contributed by atoms with van der Waals surface area (Å²) < 4.78 is 32.8. The van der Waals surface area contributed by atoms with Gasteiger partial charge in [-0.2, -0.15) is 0 Å². The first kappa shape index (κ1) is 21.6. The second-order valence-corrected chi connectivity index (χ2v) is 3.70. The normalized spacial score (nSPS) is 9.62. The molecule has 1 aromatic carbocycles. The standard InChI is InChI=1S/C6H3N3O6.Na.H2O4S/c10-7(11)4-2-1-3-5(8(12)13)6(4)9(14)15;;1-5(2,3)4/h1-3H;;(H2,1,2,3,4)/q;+1;/p-1. The predicted molar refractivity (Wildman–Crippen MR) is 58.7 cm³/mol. The number of benzene rings is 1. The van der Waals surface area contributed by atoms with Gasteiger partial charge in [0, 0.05) is 12.1 Å². The van der Waals surface area contributed by atoms with Gasteiger partial charge in [-0.1, -0.05) is 0 Å². The molecule has 0 aliphatic carbocycles. The van der Waals surface area contributed by atoms with Crippen LogP contribution < -0.4 is 29.6 Å². The van der Waals surface area contributed by atoms with Crippen LogP contribution in [-0.2, 0) is 10.4 Å². The van der Waals surface area contributed by atoms with Crippen molar-refractivity contribution in [2.24, 2.45) is 0 Å². The molecule has 0 aromatic heterocycles. The molecule has 1 rings (SSSR count). The zero-order valence-corrected chi connectivity index (χ0v) is 12.9. The summed E-state index contributed by atoms with van der Waals surface area (Å²) in [4.78, 5) is 28.0. The van der Waals surface area contributed by atoms with E-state index in [0.29, 0.717) is 0 Å². The molecule has 21 heavy (non-hydrogen) atoms. The number of nitrogens with zero attached hydrogens (tertiary/aromatic N) is 3. The average Bonchev–Trinajstić information content (AvgIpc) is 2.25. The van der Waals surface area contributed by atoms with Crippen LogP contribution in [0.2, 0.25) is 0 Å². The van der Waals surface area contributed by atoms with Crippen LogP contribution >= 0.6 is 0 Å². The molecule has 1 N–H and O–H groups in total. The van der Waals surface area contributed by atoms with E-state index in [0.717, 1.165) is 18.2 Å². The number of nitro benzene ring substituents is 3. The summed E-state index contributed by atoms with van der Waals surface area (Å²) >= 11 is 0. The molecule has 0 atom stereocenters. The van der Waals surface area contributed by atoms with Gasteiger partial charge >= 0.3 is 46.6 Å². The van der Waals surface area contributed by atoms with Crippen LogP contribution in [0.4, 0.5) is 17.1 Å². The molecule has 13 nitrogen and oxygen atoms in total. The largest absolute Gasteiger partial charge is 1.00 e. The van der Waals surface area contributed by atoms with E-state index < -0.39 is 42.2 Å². The fourth-order valence-electron chi connectivity index (χ4n) is 1.00. The minimum Gasteiger partial charge on any atom is -0.726 e. The van der Waals surface area contributed by atoms with E-state index in [1.54, 1.807) is 0 Å². The van der Waals surface area contributed by atoms with E-state index in [2.05, 4.69) is 0 Å². The molecule has 1 aromatic rings. The Kier molecular flexibility index (Phi) is 8.79. The smallest absolute Gasteiger partial charge is 0.726 e. The summed E-state index contributed by atoms with van der Waals surface area (Å²) in [6.07, 6.45) is 0. The van der Waals surface area contributed by atoms with Crippen LogP contribution in [0.25, 0.3) is 0 Å². The first-order chi connectivity index (χ1) is 8.95. The maximum absolute atomic E-state index is 10.4. The number of hydrogen-bond acceptors (Lipinski definition) is 9. The van der Waals surface area contributed by atoms with E-state index in [9.17, 15) is 30.3 Å². The van der Waals surface area contributed by atoms with Crippen LogP contribution in [0, 0.1) is 30.3 Å². The molecule has 0 aliphatic heterocycles. The van der Waals surface area contributed by atoms with Gasteiger partial charge in [0.05, 0.1) is 14.8 Å². The number of para-hydroxylation sites is 1. The monoisotopic (exact) mass is 333 g/mol. The molecule has 0 bridgehead atoms. The predicted octanol–water partition coefficient (Wildman–Crippen LogP) is -2.58. The Labute approximate surface area is 137 Å². The second-order valence-electron chi connectivity index (χ2n) is 2.84. The topological polar surface area (TPSA) is 207 Å². The molecule has 0 spiro atoms. The third kappa shape index (κ3) is 8.23. The van der Waals surface area contributed by atoms with Crippen molar-refractivity contribution < 1.29 is 61.9 Å². The van der Waals surface area contributed by atoms with Crippen LogP contribution in [0.1, 0.15) is 0 Å². The Hall–Kier alpha value is -1.71. The van der Waals surface area contributed by atoms with Crippen LogP contribution in [0.3, 0.4) is 0 Å². The minimum atomic E-state index is -4.92. The Morgan fingerprint density at radius 3 is 1.38 bits per heavy atom. The summed E-state index contributed by atoms with van der Waals surface area (Å²) in [5.74, 6) is 0. The van der Waals surface area contributed by atoms with Gasteiger partial charge in [-0.15, -0.1) is 0 Å². The molecular formula is C6H4N3NaO10S. The summed E-state index contributed by atoms with van der Waals surface area (Å²) in [6.45, 7) is 0. The van der Waals surface area contributed by atoms with E-state index in [1.165, 1.54) is 0 Å². The molecule has 0 heterocycles. The number of nitro groups is 3. The maximum atomic E-state index is 10.4. The second kappa shape index (κ2) is 8.55. The van der Waals surface area contributed by atoms with Crippen LogP contribution in [0.5, 0.6) is 0 Å². The molecule has 0 amide bonds. The van der Waals surface area contributed by atoms with E-state index >= 15 is 0 Å². The van der Waals surface area contributed by atoms with E-state index in [1.807, 2.05) is 0 Å². The van der Waals surface area contributed by atoms with Crippen LogP contribution in [-0.4, -0.2) is 32.3 Å². The van der Waals surface area contributed by atoms with Crippen molar-refractivity contribution in [1.29, 1.82) is 0 Å². The average molecular weight is 333 g/mol. The van der Waals surface area contributed by atoms with Crippen molar-refractivity contribution in [2.45, 2.75) is 0 Å². The van der Waals surface area contributed by atoms with Crippen molar-refractivity contribution in [3.63, 3.8) is 0 Å². The zero-order chi connectivity index (χ0) is 16.1. The molecule has 15 heteroatoms. The summed E-state index contributed by atoms with van der Waals surface area (Å²) in [5.41, 5.74) is -2.89. The molecular weight excluding hydrogens is 329 g/mol. The molecule has 0 saturated heterocycles. The van der Waals surface area contributed by atoms with Crippen LogP contribution in [0.15, 0.2) is 18.2 Å².